The number of hydrogen-bond acceptors (Lipinski definition) is 2. The van der Waals surface area contributed by atoms with Crippen molar-refractivity contribution in [2.45, 2.75) is 38.1 Å². The Kier molecular flexibility index (Phi) is 4.99. The first-order valence-electron chi connectivity index (χ1n) is 6.87. The van der Waals surface area contributed by atoms with Crippen molar-refractivity contribution in [2.75, 3.05) is 13.1 Å². The van der Waals surface area contributed by atoms with E-state index in [9.17, 15) is 4.79 Å². The minimum Gasteiger partial charge on any atom is -0.338 e. The van der Waals surface area contributed by atoms with Crippen molar-refractivity contribution in [2.24, 2.45) is 5.73 Å². The summed E-state index contributed by atoms with van der Waals surface area (Å²) in [7, 11) is 0. The average molecular weight is 325 g/mol. The monoisotopic (exact) mass is 324 g/mol. The first-order valence-corrected chi connectivity index (χ1v) is 7.66. The number of carbonyl (C=O) groups excluding carboxylic acids is 1. The second-order valence-corrected chi connectivity index (χ2v) is 6.10. The smallest absolute Gasteiger partial charge is 0.223 e. The van der Waals surface area contributed by atoms with Gasteiger partial charge in [0.2, 0.25) is 5.91 Å². The van der Waals surface area contributed by atoms with Gasteiger partial charge in [0.1, 0.15) is 0 Å². The number of nitrogens with two attached hydrogens (primary N) is 1. The van der Waals surface area contributed by atoms with Crippen LogP contribution >= 0.6 is 15.9 Å². The topological polar surface area (TPSA) is 46.3 Å². The van der Waals surface area contributed by atoms with Crippen LogP contribution in [0.4, 0.5) is 0 Å². The summed E-state index contributed by atoms with van der Waals surface area (Å²) in [5, 5.41) is 0. The lowest BCUT2D eigenvalue weighted by molar-refractivity contribution is -0.132. The second-order valence-electron chi connectivity index (χ2n) is 5.25. The maximum absolute atomic E-state index is 12.4. The molecule has 1 heterocycles. The number of nitrogens with zero attached hydrogens (tertiary/aromatic N) is 1. The molecule has 0 saturated carbocycles. The molecule has 4 heteroatoms. The zero-order chi connectivity index (χ0) is 13.8. The fourth-order valence-corrected chi connectivity index (χ4v) is 3.45. The zero-order valence-electron chi connectivity index (χ0n) is 11.3. The Morgan fingerprint density at radius 1 is 1.53 bits per heavy atom. The maximum atomic E-state index is 12.4. The van der Waals surface area contributed by atoms with E-state index in [4.69, 9.17) is 5.73 Å². The number of halogens is 1. The summed E-state index contributed by atoms with van der Waals surface area (Å²) in [4.78, 5) is 14.3. The molecule has 2 N–H and O–H groups in total. The van der Waals surface area contributed by atoms with Gasteiger partial charge in [-0.05, 0) is 30.4 Å². The molecule has 0 unspecified atom stereocenters. The van der Waals surface area contributed by atoms with E-state index < -0.39 is 0 Å². The molecule has 104 valence electrons. The van der Waals surface area contributed by atoms with E-state index >= 15 is 0 Å². The highest BCUT2D eigenvalue weighted by Crippen LogP contribution is 2.28. The third-order valence-corrected chi connectivity index (χ3v) is 4.61. The van der Waals surface area contributed by atoms with E-state index in [1.165, 1.54) is 5.56 Å². The molecule has 0 radical (unpaired) electrons. The van der Waals surface area contributed by atoms with E-state index in [2.05, 4.69) is 28.9 Å². The van der Waals surface area contributed by atoms with Gasteiger partial charge in [-0.15, -0.1) is 0 Å². The highest BCUT2D eigenvalue weighted by molar-refractivity contribution is 9.10. The van der Waals surface area contributed by atoms with Crippen LogP contribution < -0.4 is 5.73 Å². The molecule has 19 heavy (non-hydrogen) atoms. The number of benzene rings is 1. The molecule has 1 aromatic carbocycles. The summed E-state index contributed by atoms with van der Waals surface area (Å²) in [6, 6.07) is 8.35. The van der Waals surface area contributed by atoms with Gasteiger partial charge in [-0.25, -0.2) is 0 Å². The molecular formula is C15H21BrN2O. The summed E-state index contributed by atoms with van der Waals surface area (Å²) in [6.45, 7) is 3.55. The van der Waals surface area contributed by atoms with Gasteiger partial charge in [0.25, 0.3) is 0 Å². The van der Waals surface area contributed by atoms with E-state index in [1.807, 2.05) is 23.1 Å². The Bertz CT molecular complexity index is 450. The van der Waals surface area contributed by atoms with Crippen LogP contribution in [0.2, 0.25) is 0 Å². The van der Waals surface area contributed by atoms with Gasteiger partial charge in [-0.3, -0.25) is 4.79 Å². The largest absolute Gasteiger partial charge is 0.338 e. The Balaban J connectivity index is 2.01. The van der Waals surface area contributed by atoms with Crippen LogP contribution in [0.25, 0.3) is 0 Å². The number of rotatable bonds is 4. The predicted octanol–water partition coefficient (Wildman–Crippen LogP) is 2.89. The average Bonchev–Trinajstić information content (AvgIpc) is 2.87. The van der Waals surface area contributed by atoms with Crippen LogP contribution in [0.15, 0.2) is 28.7 Å². The standard InChI is InChI=1S/C15H21BrN2O/c1-11(13-6-2-3-7-14(13)16)9-15(19)18-8-4-5-12(18)10-17/h2-3,6-7,11-12H,4-5,8-10,17H2,1H3/t11-,12+/m1/s1. The van der Waals surface area contributed by atoms with Crippen LogP contribution in [-0.2, 0) is 4.79 Å². The van der Waals surface area contributed by atoms with Crippen LogP contribution in [-0.4, -0.2) is 29.9 Å². The Morgan fingerprint density at radius 3 is 2.95 bits per heavy atom. The molecule has 3 nitrogen and oxygen atoms in total. The lowest BCUT2D eigenvalue weighted by Gasteiger charge is -2.25. The fourth-order valence-electron chi connectivity index (χ4n) is 2.77. The van der Waals surface area contributed by atoms with Gasteiger partial charge in [-0.2, -0.15) is 0 Å². The molecule has 0 aromatic heterocycles. The van der Waals surface area contributed by atoms with Gasteiger partial charge in [0, 0.05) is 30.0 Å². The first kappa shape index (κ1) is 14.5. The van der Waals surface area contributed by atoms with Crippen molar-refractivity contribution in [3.05, 3.63) is 34.3 Å². The highest BCUT2D eigenvalue weighted by Gasteiger charge is 2.28. The number of carbonyl (C=O) groups is 1. The lowest BCUT2D eigenvalue weighted by atomic mass is 9.97. The molecule has 0 bridgehead atoms. The van der Waals surface area contributed by atoms with Crippen LogP contribution in [0.1, 0.15) is 37.7 Å². The highest BCUT2D eigenvalue weighted by atomic mass is 79.9. The van der Waals surface area contributed by atoms with Gasteiger partial charge < -0.3 is 10.6 Å². The zero-order valence-corrected chi connectivity index (χ0v) is 12.9. The fraction of sp³-hybridized carbons (Fsp3) is 0.533. The molecule has 0 aliphatic carbocycles. The SMILES string of the molecule is C[C@H](CC(=O)N1CCC[C@H]1CN)c1ccccc1Br. The first-order chi connectivity index (χ1) is 9.13. The maximum Gasteiger partial charge on any atom is 0.223 e. The Labute approximate surface area is 123 Å². The third kappa shape index (κ3) is 3.37. The van der Waals surface area contributed by atoms with E-state index in [0.29, 0.717) is 13.0 Å². The molecular weight excluding hydrogens is 304 g/mol. The lowest BCUT2D eigenvalue weighted by Crippen LogP contribution is -2.40. The Morgan fingerprint density at radius 2 is 2.26 bits per heavy atom. The summed E-state index contributed by atoms with van der Waals surface area (Å²) in [6.07, 6.45) is 2.68. The van der Waals surface area contributed by atoms with Crippen LogP contribution in [0.3, 0.4) is 0 Å². The van der Waals surface area contributed by atoms with Crippen molar-refractivity contribution in [3.8, 4) is 0 Å². The van der Waals surface area contributed by atoms with Crippen molar-refractivity contribution in [3.63, 3.8) is 0 Å². The molecule has 2 rings (SSSR count). The minimum absolute atomic E-state index is 0.224. The summed E-state index contributed by atoms with van der Waals surface area (Å²) in [5.74, 6) is 0.457. The van der Waals surface area contributed by atoms with E-state index in [-0.39, 0.29) is 17.9 Å². The second kappa shape index (κ2) is 6.53. The molecule has 1 amide bonds. The van der Waals surface area contributed by atoms with Crippen LogP contribution in [0, 0.1) is 0 Å². The minimum atomic E-state index is 0.224. The molecule has 1 aliphatic heterocycles. The van der Waals surface area contributed by atoms with E-state index in [1.54, 1.807) is 0 Å². The van der Waals surface area contributed by atoms with Crippen LogP contribution in [0.5, 0.6) is 0 Å². The normalized spacial score (nSPS) is 20.6. The third-order valence-electron chi connectivity index (χ3n) is 3.89. The molecule has 2 atom stereocenters. The summed E-state index contributed by atoms with van der Waals surface area (Å²) in [5.41, 5.74) is 6.92. The van der Waals surface area contributed by atoms with Crippen molar-refractivity contribution in [1.82, 2.24) is 4.90 Å². The van der Waals surface area contributed by atoms with Gasteiger partial charge in [0.15, 0.2) is 0 Å². The van der Waals surface area contributed by atoms with Crippen molar-refractivity contribution >= 4 is 21.8 Å². The van der Waals surface area contributed by atoms with Gasteiger partial charge in [-0.1, -0.05) is 41.1 Å². The summed E-state index contributed by atoms with van der Waals surface area (Å²) >= 11 is 3.55. The molecule has 1 aliphatic rings. The Hall–Kier alpha value is -0.870. The molecule has 1 aromatic rings. The number of likely N-dealkylation sites (tertiary alicyclic amines) is 1. The molecule has 1 saturated heterocycles. The molecule has 1 fully saturated rings. The quantitative estimate of drug-likeness (QED) is 0.925. The number of amides is 1. The van der Waals surface area contributed by atoms with Gasteiger partial charge >= 0.3 is 0 Å². The van der Waals surface area contributed by atoms with Gasteiger partial charge in [0.05, 0.1) is 0 Å². The van der Waals surface area contributed by atoms with Crippen molar-refractivity contribution < 1.29 is 4.79 Å². The molecule has 0 spiro atoms. The number of hydrogen-bond donors (Lipinski definition) is 1. The predicted molar refractivity (Wildman–Crippen MR) is 81.0 cm³/mol. The summed E-state index contributed by atoms with van der Waals surface area (Å²) < 4.78 is 1.08. The van der Waals surface area contributed by atoms with E-state index in [0.717, 1.165) is 23.9 Å². The van der Waals surface area contributed by atoms with Crippen molar-refractivity contribution in [1.29, 1.82) is 0 Å².